The van der Waals surface area contributed by atoms with E-state index in [-0.39, 0.29) is 15.0 Å². The van der Waals surface area contributed by atoms with E-state index >= 15 is 0 Å². The summed E-state index contributed by atoms with van der Waals surface area (Å²) in [7, 11) is 0. The molecule has 0 spiro atoms. The molecule has 0 aromatic heterocycles. The van der Waals surface area contributed by atoms with Crippen LogP contribution in [0.1, 0.15) is 33.1 Å². The normalized spacial score (nSPS) is 14.6. The first-order valence-electron chi connectivity index (χ1n) is 3.77. The van der Waals surface area contributed by atoms with Gasteiger partial charge in [-0.05, 0) is 0 Å². The van der Waals surface area contributed by atoms with Crippen molar-refractivity contribution in [3.05, 3.63) is 6.92 Å². The summed E-state index contributed by atoms with van der Waals surface area (Å²) in [6.07, 6.45) is 3.83. The molecule has 0 rings (SSSR count). The van der Waals surface area contributed by atoms with Gasteiger partial charge in [0.05, 0.1) is 0 Å². The Bertz CT molecular complexity index is 76.6. The first kappa shape index (κ1) is 9.41. The molecule has 0 N–H and O–H groups in total. The van der Waals surface area contributed by atoms with Gasteiger partial charge < -0.3 is 0 Å². The molecule has 1 atom stereocenters. The zero-order valence-electron chi connectivity index (χ0n) is 6.56. The van der Waals surface area contributed by atoms with Gasteiger partial charge in [-0.25, -0.2) is 0 Å². The second kappa shape index (κ2) is 6.53. The Kier molecular flexibility index (Phi) is 6.83. The fourth-order valence-corrected chi connectivity index (χ4v) is 3.36. The van der Waals surface area contributed by atoms with Gasteiger partial charge in [-0.2, -0.15) is 0 Å². The molecule has 1 heteroatoms. The van der Waals surface area contributed by atoms with Crippen LogP contribution in [-0.2, 0) is 0 Å². The second-order valence-corrected chi connectivity index (χ2v) is 6.67. The summed E-state index contributed by atoms with van der Waals surface area (Å²) >= 11 is -0.00160. The van der Waals surface area contributed by atoms with Crippen molar-refractivity contribution < 1.29 is 0 Å². The molecule has 0 aromatic rings. The SMILES string of the molecule is [CH2]C[CH]=[GeH][CH](C)CCC. The third-order valence-electron chi connectivity index (χ3n) is 1.38. The van der Waals surface area contributed by atoms with Gasteiger partial charge in [-0.1, -0.05) is 0 Å². The van der Waals surface area contributed by atoms with Crippen LogP contribution in [-0.4, -0.2) is 19.8 Å². The van der Waals surface area contributed by atoms with Gasteiger partial charge in [0.15, 0.2) is 0 Å². The van der Waals surface area contributed by atoms with E-state index in [0.717, 1.165) is 11.2 Å². The van der Waals surface area contributed by atoms with Crippen LogP contribution in [0.25, 0.3) is 0 Å². The zero-order chi connectivity index (χ0) is 7.11. The molecule has 1 radical (unpaired) electrons. The van der Waals surface area contributed by atoms with Crippen LogP contribution in [0.3, 0.4) is 0 Å². The number of rotatable bonds is 4. The van der Waals surface area contributed by atoms with Gasteiger partial charge in [-0.3, -0.25) is 0 Å². The summed E-state index contributed by atoms with van der Waals surface area (Å²) in [5, 5.41) is 0. The molecule has 0 amide bonds. The molecule has 0 aliphatic rings. The van der Waals surface area contributed by atoms with E-state index in [9.17, 15) is 0 Å². The van der Waals surface area contributed by atoms with Crippen molar-refractivity contribution in [1.82, 2.24) is 0 Å². The summed E-state index contributed by atoms with van der Waals surface area (Å²) in [6.45, 7) is 8.43. The number of hydrogen-bond donors (Lipinski definition) is 0. The second-order valence-electron chi connectivity index (χ2n) is 2.48. The molecule has 0 saturated carbocycles. The first-order valence-corrected chi connectivity index (χ1v) is 6.57. The summed E-state index contributed by atoms with van der Waals surface area (Å²) in [6, 6.07) is 0. The standard InChI is InChI=1S/C8H17Ge/c1-4-6-8(3)9-7-5-2/h7-9H,2,4-6H2,1,3H3. The van der Waals surface area contributed by atoms with Crippen molar-refractivity contribution in [1.29, 1.82) is 0 Å². The molecule has 0 heterocycles. The molecule has 9 heavy (non-hydrogen) atoms. The van der Waals surface area contributed by atoms with E-state index in [1.54, 1.807) is 0 Å². The van der Waals surface area contributed by atoms with Gasteiger partial charge in [0.1, 0.15) is 0 Å². The summed E-state index contributed by atoms with van der Waals surface area (Å²) in [5.41, 5.74) is 0. The van der Waals surface area contributed by atoms with Crippen molar-refractivity contribution in [3.63, 3.8) is 0 Å². The summed E-state index contributed by atoms with van der Waals surface area (Å²) in [5.74, 6) is 0. The third-order valence-corrected chi connectivity index (χ3v) is 4.72. The molecule has 0 aliphatic heterocycles. The van der Waals surface area contributed by atoms with E-state index in [2.05, 4.69) is 25.6 Å². The van der Waals surface area contributed by atoms with Crippen LogP contribution in [0, 0.1) is 6.92 Å². The zero-order valence-corrected chi connectivity index (χ0v) is 8.98. The van der Waals surface area contributed by atoms with Crippen LogP contribution in [0.5, 0.6) is 0 Å². The molecule has 53 valence electrons. The summed E-state index contributed by atoms with van der Waals surface area (Å²) < 4.78 is 1.03. The fraction of sp³-hybridized carbons (Fsp3) is 0.750. The molecule has 1 unspecified atom stereocenters. The Labute approximate surface area is 65.1 Å². The van der Waals surface area contributed by atoms with E-state index in [4.69, 9.17) is 0 Å². The van der Waals surface area contributed by atoms with Crippen molar-refractivity contribution >= 4 is 19.8 Å². The topological polar surface area (TPSA) is 0 Å². The van der Waals surface area contributed by atoms with E-state index in [1.165, 1.54) is 12.8 Å². The molecule has 0 bridgehead atoms. The van der Waals surface area contributed by atoms with Gasteiger partial charge in [0.25, 0.3) is 0 Å². The van der Waals surface area contributed by atoms with Gasteiger partial charge in [-0.15, -0.1) is 0 Å². The predicted octanol–water partition coefficient (Wildman–Crippen LogP) is 2.06. The predicted molar refractivity (Wildman–Crippen MR) is 47.5 cm³/mol. The fourth-order valence-electron chi connectivity index (χ4n) is 0.880. The molecular formula is C8H17Ge. The Balaban J connectivity index is 3.25. The van der Waals surface area contributed by atoms with E-state index in [0.29, 0.717) is 0 Å². The average Bonchev–Trinajstić information content (AvgIpc) is 1.85. The molecule has 0 fully saturated rings. The van der Waals surface area contributed by atoms with Crippen LogP contribution < -0.4 is 0 Å². The minimum atomic E-state index is -0.00160. The van der Waals surface area contributed by atoms with Gasteiger partial charge in [0, 0.05) is 0 Å². The van der Waals surface area contributed by atoms with Crippen molar-refractivity contribution in [2.75, 3.05) is 0 Å². The first-order chi connectivity index (χ1) is 4.31. The maximum atomic E-state index is 3.80. The van der Waals surface area contributed by atoms with E-state index in [1.807, 2.05) is 0 Å². The average molecular weight is 186 g/mol. The molecule has 0 aliphatic carbocycles. The maximum absolute atomic E-state index is 3.80. The molecule has 0 nitrogen and oxygen atoms in total. The Morgan fingerprint density at radius 2 is 2.33 bits per heavy atom. The Morgan fingerprint density at radius 1 is 1.67 bits per heavy atom. The minimum absolute atomic E-state index is 0.00160. The molecule has 0 aromatic carbocycles. The van der Waals surface area contributed by atoms with Gasteiger partial charge >= 0.3 is 64.6 Å². The molecule has 0 saturated heterocycles. The van der Waals surface area contributed by atoms with Crippen LogP contribution in [0.15, 0.2) is 0 Å². The quantitative estimate of drug-likeness (QED) is 0.589. The molecular weight excluding hydrogens is 169 g/mol. The third kappa shape index (κ3) is 6.30. The van der Waals surface area contributed by atoms with Crippen LogP contribution in [0.2, 0.25) is 4.75 Å². The van der Waals surface area contributed by atoms with E-state index < -0.39 is 0 Å². The Morgan fingerprint density at radius 3 is 2.78 bits per heavy atom. The summed E-state index contributed by atoms with van der Waals surface area (Å²) in [4.78, 5) is 2.42. The van der Waals surface area contributed by atoms with Gasteiger partial charge in [0.2, 0.25) is 0 Å². The van der Waals surface area contributed by atoms with Crippen LogP contribution >= 0.6 is 0 Å². The van der Waals surface area contributed by atoms with Crippen molar-refractivity contribution in [3.8, 4) is 0 Å². The Hall–Kier alpha value is 0.413. The van der Waals surface area contributed by atoms with Crippen molar-refractivity contribution in [2.24, 2.45) is 0 Å². The van der Waals surface area contributed by atoms with Crippen molar-refractivity contribution in [2.45, 2.75) is 37.9 Å². The monoisotopic (exact) mass is 187 g/mol. The van der Waals surface area contributed by atoms with Crippen LogP contribution in [0.4, 0.5) is 0 Å². The number of hydrogen-bond acceptors (Lipinski definition) is 0.